The van der Waals surface area contributed by atoms with Crippen LogP contribution in [0.5, 0.6) is 0 Å². The van der Waals surface area contributed by atoms with Gasteiger partial charge in [0.2, 0.25) is 5.91 Å². The molecular weight excluding hydrogens is 284 g/mol. The second-order valence-corrected chi connectivity index (χ2v) is 5.56. The van der Waals surface area contributed by atoms with Crippen molar-refractivity contribution in [3.05, 3.63) is 70.3 Å². The lowest BCUT2D eigenvalue weighted by Crippen LogP contribution is -2.28. The van der Waals surface area contributed by atoms with Gasteiger partial charge in [0.05, 0.1) is 12.5 Å². The van der Waals surface area contributed by atoms with Crippen LogP contribution < -0.4 is 5.32 Å². The summed E-state index contributed by atoms with van der Waals surface area (Å²) in [6.45, 7) is 5.76. The fourth-order valence-corrected chi connectivity index (χ4v) is 2.26. The van der Waals surface area contributed by atoms with Crippen LogP contribution >= 0.6 is 0 Å². The number of halogens is 2. The molecule has 2 aromatic rings. The van der Waals surface area contributed by atoms with Gasteiger partial charge < -0.3 is 5.32 Å². The Morgan fingerprint density at radius 1 is 1.05 bits per heavy atom. The lowest BCUT2D eigenvalue weighted by atomic mass is 10.0. The largest absolute Gasteiger partial charge is 0.349 e. The zero-order valence-electron chi connectivity index (χ0n) is 12.9. The Kier molecular flexibility index (Phi) is 4.91. The van der Waals surface area contributed by atoms with E-state index in [9.17, 15) is 13.6 Å². The smallest absolute Gasteiger partial charge is 0.224 e. The fourth-order valence-electron chi connectivity index (χ4n) is 2.26. The van der Waals surface area contributed by atoms with E-state index in [1.165, 1.54) is 11.6 Å². The highest BCUT2D eigenvalue weighted by Gasteiger charge is 2.12. The van der Waals surface area contributed by atoms with Crippen LogP contribution in [0.1, 0.15) is 35.2 Å². The van der Waals surface area contributed by atoms with Crippen LogP contribution in [0.3, 0.4) is 0 Å². The van der Waals surface area contributed by atoms with E-state index in [1.807, 2.05) is 32.0 Å². The maximum Gasteiger partial charge on any atom is 0.224 e. The van der Waals surface area contributed by atoms with Crippen molar-refractivity contribution in [1.29, 1.82) is 0 Å². The summed E-state index contributed by atoms with van der Waals surface area (Å²) in [5.41, 5.74) is 3.78. The summed E-state index contributed by atoms with van der Waals surface area (Å²) in [4.78, 5) is 12.1. The molecule has 116 valence electrons. The summed E-state index contributed by atoms with van der Waals surface area (Å²) in [5, 5.41) is 2.80. The van der Waals surface area contributed by atoms with Crippen LogP contribution in [0, 0.1) is 25.5 Å². The average Bonchev–Trinajstić information content (AvgIpc) is 2.45. The molecule has 0 aliphatic carbocycles. The van der Waals surface area contributed by atoms with Crippen LogP contribution in [0.2, 0.25) is 0 Å². The summed E-state index contributed by atoms with van der Waals surface area (Å²) in [5.74, 6) is -1.95. The first-order valence-electron chi connectivity index (χ1n) is 7.17. The number of benzene rings is 2. The van der Waals surface area contributed by atoms with Gasteiger partial charge in [-0.15, -0.1) is 0 Å². The zero-order chi connectivity index (χ0) is 16.3. The van der Waals surface area contributed by atoms with Gasteiger partial charge in [0.1, 0.15) is 0 Å². The Balaban J connectivity index is 2.01. The van der Waals surface area contributed by atoms with E-state index in [0.29, 0.717) is 5.56 Å². The third kappa shape index (κ3) is 3.91. The molecule has 0 saturated heterocycles. The Bertz CT molecular complexity index is 697. The predicted molar refractivity (Wildman–Crippen MR) is 82.5 cm³/mol. The van der Waals surface area contributed by atoms with Crippen molar-refractivity contribution >= 4 is 5.91 Å². The number of amides is 1. The van der Waals surface area contributed by atoms with Crippen molar-refractivity contribution < 1.29 is 13.6 Å². The van der Waals surface area contributed by atoms with Crippen molar-refractivity contribution in [2.24, 2.45) is 0 Å². The SMILES string of the molecule is Cc1ccc(CC(=O)N[C@H](C)c2ccc(F)c(F)c2)cc1C. The standard InChI is InChI=1S/C18H19F2NO/c1-11-4-5-14(8-12(11)2)9-18(22)21-13(3)15-6-7-16(19)17(20)10-15/h4-8,10,13H,9H2,1-3H3,(H,21,22)/t13-/m1/s1. The summed E-state index contributed by atoms with van der Waals surface area (Å²) in [6, 6.07) is 9.15. The number of aryl methyl sites for hydroxylation is 2. The van der Waals surface area contributed by atoms with Crippen molar-refractivity contribution in [3.8, 4) is 0 Å². The predicted octanol–water partition coefficient (Wildman–Crippen LogP) is 4.00. The summed E-state index contributed by atoms with van der Waals surface area (Å²) in [7, 11) is 0. The van der Waals surface area contributed by atoms with Gasteiger partial charge in [0.15, 0.2) is 11.6 Å². The maximum atomic E-state index is 13.2. The Morgan fingerprint density at radius 3 is 2.41 bits per heavy atom. The van der Waals surface area contributed by atoms with Crippen molar-refractivity contribution in [2.75, 3.05) is 0 Å². The minimum absolute atomic E-state index is 0.152. The number of nitrogens with one attached hydrogen (secondary N) is 1. The molecule has 0 aliphatic rings. The third-order valence-corrected chi connectivity index (χ3v) is 3.76. The van der Waals surface area contributed by atoms with E-state index < -0.39 is 11.6 Å². The molecule has 0 spiro atoms. The van der Waals surface area contributed by atoms with Crippen LogP contribution in [0.15, 0.2) is 36.4 Å². The molecule has 0 fully saturated rings. The van der Waals surface area contributed by atoms with E-state index in [2.05, 4.69) is 5.32 Å². The first kappa shape index (κ1) is 16.1. The number of hydrogen-bond acceptors (Lipinski definition) is 1. The number of rotatable bonds is 4. The Labute approximate surface area is 129 Å². The molecule has 22 heavy (non-hydrogen) atoms. The topological polar surface area (TPSA) is 29.1 Å². The second-order valence-electron chi connectivity index (χ2n) is 5.56. The molecule has 1 atom stereocenters. The molecule has 0 aliphatic heterocycles. The van der Waals surface area contributed by atoms with E-state index >= 15 is 0 Å². The van der Waals surface area contributed by atoms with Gasteiger partial charge in [0, 0.05) is 0 Å². The summed E-state index contributed by atoms with van der Waals surface area (Å²) < 4.78 is 26.1. The quantitative estimate of drug-likeness (QED) is 0.908. The van der Waals surface area contributed by atoms with Crippen molar-refractivity contribution in [1.82, 2.24) is 5.32 Å². The van der Waals surface area contributed by atoms with E-state index in [-0.39, 0.29) is 18.4 Å². The van der Waals surface area contributed by atoms with Crippen LogP contribution in [0.25, 0.3) is 0 Å². The first-order valence-corrected chi connectivity index (χ1v) is 7.17. The van der Waals surface area contributed by atoms with Crippen LogP contribution in [-0.4, -0.2) is 5.91 Å². The molecule has 2 rings (SSSR count). The van der Waals surface area contributed by atoms with E-state index in [0.717, 1.165) is 23.3 Å². The molecule has 1 amide bonds. The minimum atomic E-state index is -0.909. The molecule has 2 nitrogen and oxygen atoms in total. The average molecular weight is 303 g/mol. The highest BCUT2D eigenvalue weighted by Crippen LogP contribution is 2.16. The maximum absolute atomic E-state index is 13.2. The molecular formula is C18H19F2NO. The van der Waals surface area contributed by atoms with Gasteiger partial charge >= 0.3 is 0 Å². The molecule has 0 aromatic heterocycles. The molecule has 0 heterocycles. The van der Waals surface area contributed by atoms with E-state index in [1.54, 1.807) is 6.92 Å². The Morgan fingerprint density at radius 2 is 1.77 bits per heavy atom. The van der Waals surface area contributed by atoms with Gasteiger partial charge in [-0.3, -0.25) is 4.79 Å². The molecule has 0 saturated carbocycles. The second kappa shape index (κ2) is 6.69. The lowest BCUT2D eigenvalue weighted by molar-refractivity contribution is -0.121. The highest BCUT2D eigenvalue weighted by atomic mass is 19.2. The van der Waals surface area contributed by atoms with Gasteiger partial charge in [0.25, 0.3) is 0 Å². The monoisotopic (exact) mass is 303 g/mol. The van der Waals surface area contributed by atoms with Gasteiger partial charge in [-0.05, 0) is 55.2 Å². The van der Waals surface area contributed by atoms with Gasteiger partial charge in [-0.2, -0.15) is 0 Å². The van der Waals surface area contributed by atoms with Gasteiger partial charge in [-0.1, -0.05) is 24.3 Å². The van der Waals surface area contributed by atoms with Crippen molar-refractivity contribution in [2.45, 2.75) is 33.2 Å². The fraction of sp³-hybridized carbons (Fsp3) is 0.278. The van der Waals surface area contributed by atoms with Crippen LogP contribution in [-0.2, 0) is 11.2 Å². The van der Waals surface area contributed by atoms with Gasteiger partial charge in [-0.25, -0.2) is 8.78 Å². The molecule has 0 bridgehead atoms. The molecule has 1 N–H and O–H groups in total. The molecule has 0 unspecified atom stereocenters. The number of hydrogen-bond donors (Lipinski definition) is 1. The Hall–Kier alpha value is -2.23. The zero-order valence-corrected chi connectivity index (χ0v) is 12.9. The molecule has 0 radical (unpaired) electrons. The third-order valence-electron chi connectivity index (χ3n) is 3.76. The highest BCUT2D eigenvalue weighted by molar-refractivity contribution is 5.79. The number of carbonyl (C=O) groups is 1. The van der Waals surface area contributed by atoms with Crippen LogP contribution in [0.4, 0.5) is 8.78 Å². The lowest BCUT2D eigenvalue weighted by Gasteiger charge is -2.15. The molecule has 2 aromatic carbocycles. The summed E-state index contributed by atoms with van der Waals surface area (Å²) in [6.07, 6.45) is 0.259. The number of carbonyl (C=O) groups excluding carboxylic acids is 1. The first-order chi connectivity index (χ1) is 10.4. The molecule has 4 heteroatoms. The summed E-state index contributed by atoms with van der Waals surface area (Å²) >= 11 is 0. The van der Waals surface area contributed by atoms with Crippen molar-refractivity contribution in [3.63, 3.8) is 0 Å². The van der Waals surface area contributed by atoms with E-state index in [4.69, 9.17) is 0 Å². The minimum Gasteiger partial charge on any atom is -0.349 e. The normalized spacial score (nSPS) is 12.0.